The summed E-state index contributed by atoms with van der Waals surface area (Å²) in [4.78, 5) is 8.18. The van der Waals surface area contributed by atoms with Crippen molar-refractivity contribution in [3.63, 3.8) is 0 Å². The van der Waals surface area contributed by atoms with Gasteiger partial charge in [0, 0.05) is 24.2 Å². The van der Waals surface area contributed by atoms with Crippen LogP contribution in [0.2, 0.25) is 0 Å². The molecule has 2 aromatic carbocycles. The van der Waals surface area contributed by atoms with Gasteiger partial charge >= 0.3 is 0 Å². The predicted octanol–water partition coefficient (Wildman–Crippen LogP) is 4.98. The van der Waals surface area contributed by atoms with Crippen molar-refractivity contribution in [3.05, 3.63) is 97.5 Å². The fourth-order valence-electron chi connectivity index (χ4n) is 2.28. The average Bonchev–Trinajstić information content (AvgIpc) is 2.64. The van der Waals surface area contributed by atoms with Crippen LogP contribution in [0.1, 0.15) is 0 Å². The smallest absolute Gasteiger partial charge is 0.0708 e. The second kappa shape index (κ2) is 7.14. The molecule has 2 aromatic heterocycles. The first kappa shape index (κ1) is 14.0. The molecule has 0 aliphatic rings. The topological polar surface area (TPSA) is 25.8 Å². The lowest BCUT2D eigenvalue weighted by Crippen LogP contribution is -1.83. The van der Waals surface area contributed by atoms with E-state index in [-0.39, 0.29) is 0 Å². The van der Waals surface area contributed by atoms with E-state index in [4.69, 9.17) is 0 Å². The minimum absolute atomic E-state index is 1.03. The van der Waals surface area contributed by atoms with E-state index in [1.54, 1.807) is 12.4 Å². The van der Waals surface area contributed by atoms with Gasteiger partial charge in [-0.05, 0) is 35.0 Å². The van der Waals surface area contributed by atoms with Crippen molar-refractivity contribution in [3.8, 4) is 11.3 Å². The van der Waals surface area contributed by atoms with E-state index in [1.807, 2.05) is 42.6 Å². The minimum atomic E-state index is 1.03. The van der Waals surface area contributed by atoms with Crippen LogP contribution in [0, 0.1) is 0 Å². The number of hydrogen-bond donors (Lipinski definition) is 0. The standard InChI is InChI=1S/C15H11N.C5H5N/c1-2-8-13-12(6-1)7-5-9-14(13)15-10-3-4-11-16-15;1-2-4-6-5-3-1/h1-11H;1-5H. The Balaban J connectivity index is 0.000000202. The van der Waals surface area contributed by atoms with Crippen LogP contribution >= 0.6 is 0 Å². The van der Waals surface area contributed by atoms with Gasteiger partial charge in [-0.25, -0.2) is 0 Å². The Morgan fingerprint density at radius 3 is 1.95 bits per heavy atom. The number of rotatable bonds is 1. The van der Waals surface area contributed by atoms with E-state index in [0.29, 0.717) is 0 Å². The zero-order chi connectivity index (χ0) is 15.0. The van der Waals surface area contributed by atoms with Crippen LogP contribution in [0.15, 0.2) is 97.5 Å². The Labute approximate surface area is 130 Å². The van der Waals surface area contributed by atoms with Gasteiger partial charge in [0.25, 0.3) is 0 Å². The summed E-state index contributed by atoms with van der Waals surface area (Å²) in [6, 6.07) is 26.4. The molecule has 0 saturated heterocycles. The summed E-state index contributed by atoms with van der Waals surface area (Å²) in [6.07, 6.45) is 5.33. The highest BCUT2D eigenvalue weighted by Gasteiger charge is 2.02. The van der Waals surface area contributed by atoms with Gasteiger partial charge in [-0.3, -0.25) is 9.97 Å². The maximum absolute atomic E-state index is 4.40. The molecule has 0 saturated carbocycles. The largest absolute Gasteiger partial charge is 0.265 e. The molecule has 0 bridgehead atoms. The third kappa shape index (κ3) is 3.36. The fourth-order valence-corrected chi connectivity index (χ4v) is 2.28. The predicted molar refractivity (Wildman–Crippen MR) is 91.4 cm³/mol. The van der Waals surface area contributed by atoms with E-state index in [9.17, 15) is 0 Å². The van der Waals surface area contributed by atoms with Gasteiger partial charge in [0.05, 0.1) is 5.69 Å². The molecule has 0 N–H and O–H groups in total. The summed E-state index contributed by atoms with van der Waals surface area (Å²) < 4.78 is 0. The molecule has 4 aromatic rings. The molecule has 0 fully saturated rings. The van der Waals surface area contributed by atoms with Crippen molar-refractivity contribution in [1.29, 1.82) is 0 Å². The second-order valence-corrected chi connectivity index (χ2v) is 4.77. The van der Waals surface area contributed by atoms with Gasteiger partial charge in [-0.1, -0.05) is 54.6 Å². The first-order valence-corrected chi connectivity index (χ1v) is 7.19. The van der Waals surface area contributed by atoms with E-state index < -0.39 is 0 Å². The van der Waals surface area contributed by atoms with Crippen molar-refractivity contribution < 1.29 is 0 Å². The first-order chi connectivity index (χ1) is 10.9. The van der Waals surface area contributed by atoms with Gasteiger partial charge in [0.1, 0.15) is 0 Å². The van der Waals surface area contributed by atoms with Crippen LogP contribution in [0.25, 0.3) is 22.0 Å². The lowest BCUT2D eigenvalue weighted by atomic mass is 10.0. The lowest BCUT2D eigenvalue weighted by molar-refractivity contribution is 1.33. The van der Waals surface area contributed by atoms with Crippen molar-refractivity contribution in [2.45, 2.75) is 0 Å². The summed E-state index contributed by atoms with van der Waals surface area (Å²) in [5, 5.41) is 2.51. The lowest BCUT2D eigenvalue weighted by Gasteiger charge is -2.05. The van der Waals surface area contributed by atoms with Gasteiger partial charge in [0.15, 0.2) is 0 Å². The summed E-state index contributed by atoms with van der Waals surface area (Å²) in [6.45, 7) is 0. The molecule has 0 aliphatic carbocycles. The molecule has 22 heavy (non-hydrogen) atoms. The SMILES string of the molecule is c1ccc(-c2cccc3ccccc23)nc1.c1ccncc1. The summed E-state index contributed by atoms with van der Waals surface area (Å²) >= 11 is 0. The molecule has 0 atom stereocenters. The van der Waals surface area contributed by atoms with Crippen LogP contribution in [0.4, 0.5) is 0 Å². The zero-order valence-electron chi connectivity index (χ0n) is 12.1. The molecule has 2 nitrogen and oxygen atoms in total. The van der Waals surface area contributed by atoms with Crippen molar-refractivity contribution in [2.75, 3.05) is 0 Å². The van der Waals surface area contributed by atoms with E-state index in [1.165, 1.54) is 16.3 Å². The van der Waals surface area contributed by atoms with Crippen LogP contribution in [-0.2, 0) is 0 Å². The molecule has 0 spiro atoms. The quantitative estimate of drug-likeness (QED) is 0.492. The van der Waals surface area contributed by atoms with Crippen molar-refractivity contribution >= 4 is 10.8 Å². The molecular formula is C20H16N2. The first-order valence-electron chi connectivity index (χ1n) is 7.19. The average molecular weight is 284 g/mol. The second-order valence-electron chi connectivity index (χ2n) is 4.77. The number of benzene rings is 2. The van der Waals surface area contributed by atoms with Crippen LogP contribution in [0.5, 0.6) is 0 Å². The monoisotopic (exact) mass is 284 g/mol. The van der Waals surface area contributed by atoms with Crippen molar-refractivity contribution in [1.82, 2.24) is 9.97 Å². The van der Waals surface area contributed by atoms with Gasteiger partial charge in [-0.15, -0.1) is 0 Å². The molecular weight excluding hydrogens is 268 g/mol. The highest BCUT2D eigenvalue weighted by Crippen LogP contribution is 2.26. The van der Waals surface area contributed by atoms with Crippen LogP contribution in [0.3, 0.4) is 0 Å². The molecule has 0 amide bonds. The molecule has 2 heterocycles. The number of fused-ring (bicyclic) bond motifs is 1. The third-order valence-corrected chi connectivity index (χ3v) is 3.30. The summed E-state index contributed by atoms with van der Waals surface area (Å²) in [5.74, 6) is 0. The van der Waals surface area contributed by atoms with Gasteiger partial charge < -0.3 is 0 Å². The third-order valence-electron chi connectivity index (χ3n) is 3.30. The summed E-state index contributed by atoms with van der Waals surface area (Å²) in [7, 11) is 0. The van der Waals surface area contributed by atoms with Crippen molar-refractivity contribution in [2.24, 2.45) is 0 Å². The number of nitrogens with zero attached hydrogens (tertiary/aromatic N) is 2. The number of aromatic nitrogens is 2. The molecule has 0 radical (unpaired) electrons. The van der Waals surface area contributed by atoms with E-state index in [2.05, 4.69) is 52.4 Å². The Bertz CT molecular complexity index is 795. The van der Waals surface area contributed by atoms with E-state index >= 15 is 0 Å². The van der Waals surface area contributed by atoms with Gasteiger partial charge in [0.2, 0.25) is 0 Å². The fraction of sp³-hybridized carbons (Fsp3) is 0. The zero-order valence-corrected chi connectivity index (χ0v) is 12.1. The van der Waals surface area contributed by atoms with Crippen LogP contribution < -0.4 is 0 Å². The maximum Gasteiger partial charge on any atom is 0.0708 e. The molecule has 4 rings (SSSR count). The summed E-state index contributed by atoms with van der Waals surface area (Å²) in [5.41, 5.74) is 2.22. The normalized spacial score (nSPS) is 9.82. The molecule has 106 valence electrons. The Hall–Kier alpha value is -3.00. The molecule has 0 unspecified atom stereocenters. The number of pyridine rings is 2. The minimum Gasteiger partial charge on any atom is -0.265 e. The Morgan fingerprint density at radius 2 is 1.27 bits per heavy atom. The number of hydrogen-bond acceptors (Lipinski definition) is 2. The van der Waals surface area contributed by atoms with Gasteiger partial charge in [-0.2, -0.15) is 0 Å². The molecule has 2 heteroatoms. The van der Waals surface area contributed by atoms with E-state index in [0.717, 1.165) is 5.69 Å². The Morgan fingerprint density at radius 1 is 0.545 bits per heavy atom. The molecule has 0 aliphatic heterocycles. The highest BCUT2D eigenvalue weighted by molar-refractivity contribution is 5.95. The van der Waals surface area contributed by atoms with Crippen LogP contribution in [-0.4, -0.2) is 9.97 Å². The Kier molecular flexibility index (Phi) is 4.53. The maximum atomic E-state index is 4.40. The highest BCUT2D eigenvalue weighted by atomic mass is 14.7.